The van der Waals surface area contributed by atoms with Gasteiger partial charge in [-0.25, -0.2) is 4.79 Å². The Hall–Kier alpha value is -2.37. The summed E-state index contributed by atoms with van der Waals surface area (Å²) in [7, 11) is 0. The van der Waals surface area contributed by atoms with Crippen LogP contribution in [0.2, 0.25) is 0 Å². The molecular formula is C22H29NO4. The third kappa shape index (κ3) is 8.24. The van der Waals surface area contributed by atoms with Gasteiger partial charge in [-0.2, -0.15) is 0 Å². The molecule has 0 aliphatic rings. The van der Waals surface area contributed by atoms with Crippen LogP contribution in [0.1, 0.15) is 31.9 Å². The second-order valence-electron chi connectivity index (χ2n) is 7.50. The summed E-state index contributed by atoms with van der Waals surface area (Å²) in [5.41, 5.74) is 1.42. The van der Waals surface area contributed by atoms with Gasteiger partial charge in [0.05, 0.1) is 25.9 Å². The van der Waals surface area contributed by atoms with Crippen molar-refractivity contribution in [2.24, 2.45) is 0 Å². The molecule has 0 aliphatic carbocycles. The zero-order valence-electron chi connectivity index (χ0n) is 16.3. The number of amides is 1. The number of ether oxygens (including phenoxy) is 2. The number of rotatable bonds is 8. The van der Waals surface area contributed by atoms with Crippen LogP contribution in [0.3, 0.4) is 0 Å². The SMILES string of the molecule is CC(C)(C)OC(=O)N(Cc1ccccc1)CC(O)COCc1ccccc1. The Kier molecular flexibility index (Phi) is 7.82. The minimum absolute atomic E-state index is 0.137. The Morgan fingerprint density at radius 3 is 2.11 bits per heavy atom. The fourth-order valence-corrected chi connectivity index (χ4v) is 2.53. The molecule has 0 aliphatic heterocycles. The van der Waals surface area contributed by atoms with Gasteiger partial charge < -0.3 is 19.5 Å². The second-order valence-corrected chi connectivity index (χ2v) is 7.50. The van der Waals surface area contributed by atoms with Crippen molar-refractivity contribution >= 4 is 6.09 Å². The number of hydrogen-bond acceptors (Lipinski definition) is 4. The van der Waals surface area contributed by atoms with E-state index in [4.69, 9.17) is 9.47 Å². The van der Waals surface area contributed by atoms with Gasteiger partial charge >= 0.3 is 6.09 Å². The fourth-order valence-electron chi connectivity index (χ4n) is 2.53. The average molecular weight is 371 g/mol. The molecule has 27 heavy (non-hydrogen) atoms. The minimum Gasteiger partial charge on any atom is -0.444 e. The van der Waals surface area contributed by atoms with Gasteiger partial charge in [0.15, 0.2) is 0 Å². The summed E-state index contributed by atoms with van der Waals surface area (Å²) < 4.78 is 11.1. The molecule has 2 aromatic rings. The normalized spacial score (nSPS) is 12.4. The van der Waals surface area contributed by atoms with Crippen LogP contribution < -0.4 is 0 Å². The number of aliphatic hydroxyl groups excluding tert-OH is 1. The first-order valence-electron chi connectivity index (χ1n) is 9.15. The Morgan fingerprint density at radius 1 is 1.00 bits per heavy atom. The predicted octanol–water partition coefficient (Wildman–Crippen LogP) is 4.00. The van der Waals surface area contributed by atoms with Crippen molar-refractivity contribution in [2.45, 2.75) is 45.6 Å². The molecule has 0 radical (unpaired) electrons. The molecule has 0 fully saturated rings. The first-order chi connectivity index (χ1) is 12.8. The molecule has 0 bridgehead atoms. The van der Waals surface area contributed by atoms with Crippen molar-refractivity contribution in [2.75, 3.05) is 13.2 Å². The Balaban J connectivity index is 1.92. The maximum absolute atomic E-state index is 12.5. The summed E-state index contributed by atoms with van der Waals surface area (Å²) in [6.45, 7) is 6.54. The standard InChI is InChI=1S/C22H29NO4/c1-22(2,3)27-21(25)23(14-18-10-6-4-7-11-18)15-20(24)17-26-16-19-12-8-5-9-13-19/h4-13,20,24H,14-17H2,1-3H3. The van der Waals surface area contributed by atoms with Gasteiger partial charge in [0, 0.05) is 6.54 Å². The first-order valence-corrected chi connectivity index (χ1v) is 9.15. The van der Waals surface area contributed by atoms with Crippen LogP contribution in [-0.2, 0) is 22.6 Å². The quantitative estimate of drug-likeness (QED) is 0.762. The van der Waals surface area contributed by atoms with Crippen LogP contribution in [0.15, 0.2) is 60.7 Å². The highest BCUT2D eigenvalue weighted by Gasteiger charge is 2.24. The largest absolute Gasteiger partial charge is 0.444 e. The first kappa shape index (κ1) is 20.9. The highest BCUT2D eigenvalue weighted by atomic mass is 16.6. The van der Waals surface area contributed by atoms with E-state index in [0.717, 1.165) is 11.1 Å². The van der Waals surface area contributed by atoms with Crippen molar-refractivity contribution < 1.29 is 19.4 Å². The van der Waals surface area contributed by atoms with E-state index in [1.807, 2.05) is 81.4 Å². The average Bonchev–Trinajstić information content (AvgIpc) is 2.61. The lowest BCUT2D eigenvalue weighted by Crippen LogP contribution is -2.41. The van der Waals surface area contributed by atoms with E-state index in [9.17, 15) is 9.90 Å². The Morgan fingerprint density at radius 2 is 1.56 bits per heavy atom. The maximum Gasteiger partial charge on any atom is 0.410 e. The lowest BCUT2D eigenvalue weighted by atomic mass is 10.2. The van der Waals surface area contributed by atoms with Crippen LogP contribution in [0.25, 0.3) is 0 Å². The third-order valence-electron chi connectivity index (χ3n) is 3.72. The topological polar surface area (TPSA) is 59.0 Å². The highest BCUT2D eigenvalue weighted by Crippen LogP contribution is 2.13. The number of hydrogen-bond donors (Lipinski definition) is 1. The summed E-state index contributed by atoms with van der Waals surface area (Å²) in [4.78, 5) is 14.1. The van der Waals surface area contributed by atoms with Gasteiger partial charge in [-0.1, -0.05) is 60.7 Å². The van der Waals surface area contributed by atoms with Crippen LogP contribution in [0.5, 0.6) is 0 Å². The molecule has 2 rings (SSSR count). The molecule has 0 saturated carbocycles. The summed E-state index contributed by atoms with van der Waals surface area (Å²) in [6.07, 6.45) is -1.25. The molecule has 0 aromatic heterocycles. The molecule has 0 saturated heterocycles. The molecule has 5 nitrogen and oxygen atoms in total. The summed E-state index contributed by atoms with van der Waals surface area (Å²) in [5.74, 6) is 0. The van der Waals surface area contributed by atoms with Crippen molar-refractivity contribution in [1.82, 2.24) is 4.90 Å². The van der Waals surface area contributed by atoms with E-state index in [2.05, 4.69) is 0 Å². The van der Waals surface area contributed by atoms with Gasteiger partial charge in [-0.05, 0) is 31.9 Å². The van der Waals surface area contributed by atoms with Gasteiger partial charge in [-0.3, -0.25) is 0 Å². The number of carbonyl (C=O) groups is 1. The molecule has 2 aromatic carbocycles. The predicted molar refractivity (Wildman–Crippen MR) is 105 cm³/mol. The van der Waals surface area contributed by atoms with Crippen molar-refractivity contribution in [1.29, 1.82) is 0 Å². The zero-order chi connectivity index (χ0) is 19.7. The van der Waals surface area contributed by atoms with E-state index in [1.54, 1.807) is 0 Å². The van der Waals surface area contributed by atoms with Gasteiger partial charge in [0.1, 0.15) is 5.60 Å². The fraction of sp³-hybridized carbons (Fsp3) is 0.409. The van der Waals surface area contributed by atoms with Crippen LogP contribution in [0.4, 0.5) is 4.79 Å². The van der Waals surface area contributed by atoms with Gasteiger partial charge in [0.25, 0.3) is 0 Å². The number of aliphatic hydroxyl groups is 1. The highest BCUT2D eigenvalue weighted by molar-refractivity contribution is 5.68. The van der Waals surface area contributed by atoms with E-state index in [-0.39, 0.29) is 13.2 Å². The number of benzene rings is 2. The molecule has 146 valence electrons. The van der Waals surface area contributed by atoms with E-state index >= 15 is 0 Å². The minimum atomic E-state index is -0.801. The molecule has 1 atom stereocenters. The number of carbonyl (C=O) groups excluding carboxylic acids is 1. The molecule has 1 unspecified atom stereocenters. The van der Waals surface area contributed by atoms with E-state index in [1.165, 1.54) is 4.90 Å². The Labute approximate surface area is 161 Å². The summed E-state index contributed by atoms with van der Waals surface area (Å²) >= 11 is 0. The molecule has 1 amide bonds. The van der Waals surface area contributed by atoms with Crippen molar-refractivity contribution in [3.63, 3.8) is 0 Å². The second kappa shape index (κ2) is 10.1. The summed E-state index contributed by atoms with van der Waals surface area (Å²) in [5, 5.41) is 10.3. The molecule has 5 heteroatoms. The molecule has 1 N–H and O–H groups in total. The maximum atomic E-state index is 12.5. The van der Waals surface area contributed by atoms with E-state index < -0.39 is 17.8 Å². The number of nitrogens with zero attached hydrogens (tertiary/aromatic N) is 1. The Bertz CT molecular complexity index is 682. The van der Waals surface area contributed by atoms with Crippen LogP contribution >= 0.6 is 0 Å². The van der Waals surface area contributed by atoms with Crippen molar-refractivity contribution in [3.05, 3.63) is 71.8 Å². The smallest absolute Gasteiger partial charge is 0.410 e. The van der Waals surface area contributed by atoms with Crippen LogP contribution in [0, 0.1) is 0 Å². The van der Waals surface area contributed by atoms with Gasteiger partial charge in [0.2, 0.25) is 0 Å². The van der Waals surface area contributed by atoms with Gasteiger partial charge in [-0.15, -0.1) is 0 Å². The lowest BCUT2D eigenvalue weighted by molar-refractivity contribution is -0.00985. The molecule has 0 spiro atoms. The monoisotopic (exact) mass is 371 g/mol. The van der Waals surface area contributed by atoms with Crippen molar-refractivity contribution in [3.8, 4) is 0 Å². The zero-order valence-corrected chi connectivity index (χ0v) is 16.3. The third-order valence-corrected chi connectivity index (χ3v) is 3.72. The molecular weight excluding hydrogens is 342 g/mol. The molecule has 0 heterocycles. The van der Waals surface area contributed by atoms with E-state index in [0.29, 0.717) is 13.2 Å². The summed E-state index contributed by atoms with van der Waals surface area (Å²) in [6, 6.07) is 19.4. The lowest BCUT2D eigenvalue weighted by Gasteiger charge is -2.29. The van der Waals surface area contributed by atoms with Crippen LogP contribution in [-0.4, -0.2) is 41.0 Å².